The first kappa shape index (κ1) is 20.7. The monoisotopic (exact) mass is 396 g/mol. The second-order valence-corrected chi connectivity index (χ2v) is 7.03. The van der Waals surface area contributed by atoms with E-state index in [9.17, 15) is 9.59 Å². The van der Waals surface area contributed by atoms with Crippen LogP contribution in [0.25, 0.3) is 0 Å². The normalized spacial score (nSPS) is 14.0. The second kappa shape index (κ2) is 9.95. The predicted octanol–water partition coefficient (Wildman–Crippen LogP) is 2.10. The molecule has 0 aromatic carbocycles. The molecular weight excluding hydrogens is 368 g/mol. The number of rotatable bonds is 7. The highest BCUT2D eigenvalue weighted by Crippen LogP contribution is 2.13. The molecule has 0 unspecified atom stereocenters. The van der Waals surface area contributed by atoms with E-state index in [4.69, 9.17) is 0 Å². The minimum absolute atomic E-state index is 0.116. The van der Waals surface area contributed by atoms with Gasteiger partial charge < -0.3 is 14.7 Å². The van der Waals surface area contributed by atoms with Crippen molar-refractivity contribution in [1.29, 1.82) is 0 Å². The third-order valence-corrected chi connectivity index (χ3v) is 4.86. The number of carbonyl (C=O) groups is 2. The van der Waals surface area contributed by atoms with Crippen LogP contribution >= 0.6 is 0 Å². The third-order valence-electron chi connectivity index (χ3n) is 4.86. The number of nitrogens with zero attached hydrogens (tertiary/aromatic N) is 6. The van der Waals surface area contributed by atoms with Crippen molar-refractivity contribution in [2.45, 2.75) is 26.7 Å². The van der Waals surface area contributed by atoms with E-state index in [-0.39, 0.29) is 11.8 Å². The first-order valence-corrected chi connectivity index (χ1v) is 10.2. The van der Waals surface area contributed by atoms with Crippen LogP contribution in [0.3, 0.4) is 0 Å². The van der Waals surface area contributed by atoms with Crippen LogP contribution in [0.2, 0.25) is 0 Å². The van der Waals surface area contributed by atoms with Gasteiger partial charge in [0.25, 0.3) is 11.8 Å². The van der Waals surface area contributed by atoms with Crippen molar-refractivity contribution in [1.82, 2.24) is 24.8 Å². The molecule has 0 N–H and O–H groups in total. The summed E-state index contributed by atoms with van der Waals surface area (Å²) < 4.78 is 0. The van der Waals surface area contributed by atoms with Crippen molar-refractivity contribution in [3.05, 3.63) is 48.0 Å². The zero-order chi connectivity index (χ0) is 20.6. The van der Waals surface area contributed by atoms with Gasteiger partial charge in [0.1, 0.15) is 11.4 Å². The van der Waals surface area contributed by atoms with Gasteiger partial charge in [-0.2, -0.15) is 0 Å². The number of hydrogen-bond donors (Lipinski definition) is 0. The van der Waals surface area contributed by atoms with Crippen LogP contribution in [0, 0.1) is 0 Å². The summed E-state index contributed by atoms with van der Waals surface area (Å²) in [5, 5.41) is 0. The van der Waals surface area contributed by atoms with Gasteiger partial charge in [-0.25, -0.2) is 15.0 Å². The summed E-state index contributed by atoms with van der Waals surface area (Å²) in [4.78, 5) is 44.3. The minimum atomic E-state index is -0.147. The van der Waals surface area contributed by atoms with E-state index in [1.54, 1.807) is 46.5 Å². The lowest BCUT2D eigenvalue weighted by atomic mass is 10.2. The first-order valence-electron chi connectivity index (χ1n) is 10.2. The molecule has 3 heterocycles. The van der Waals surface area contributed by atoms with E-state index >= 15 is 0 Å². The fourth-order valence-electron chi connectivity index (χ4n) is 3.42. The Kier molecular flexibility index (Phi) is 7.10. The van der Waals surface area contributed by atoms with Crippen LogP contribution < -0.4 is 4.90 Å². The fraction of sp³-hybridized carbons (Fsp3) is 0.476. The fourth-order valence-corrected chi connectivity index (χ4v) is 3.42. The standard InChI is InChI=1S/C21H28N6O2/c1-3-11-25(12-4-2)19(28)17-7-5-8-18(24-17)20(29)26-13-15-27(16-14-26)21-22-9-6-10-23-21/h5-10H,3-4,11-16H2,1-2H3. The highest BCUT2D eigenvalue weighted by molar-refractivity contribution is 5.96. The molecule has 3 rings (SSSR count). The van der Waals surface area contributed by atoms with Crippen LogP contribution in [0.4, 0.5) is 5.95 Å². The summed E-state index contributed by atoms with van der Waals surface area (Å²) in [5.41, 5.74) is 0.641. The van der Waals surface area contributed by atoms with Crippen LogP contribution in [-0.4, -0.2) is 75.8 Å². The van der Waals surface area contributed by atoms with Gasteiger partial charge in [0.2, 0.25) is 5.95 Å². The molecule has 2 aromatic heterocycles. The molecule has 0 aliphatic carbocycles. The molecule has 1 aliphatic heterocycles. The quantitative estimate of drug-likeness (QED) is 0.713. The van der Waals surface area contributed by atoms with E-state index in [1.807, 2.05) is 13.8 Å². The van der Waals surface area contributed by atoms with Crippen LogP contribution in [0.15, 0.2) is 36.7 Å². The second-order valence-electron chi connectivity index (χ2n) is 7.03. The predicted molar refractivity (Wildman–Crippen MR) is 111 cm³/mol. The zero-order valence-electron chi connectivity index (χ0n) is 17.1. The molecule has 0 bridgehead atoms. The SMILES string of the molecule is CCCN(CCC)C(=O)c1cccc(C(=O)N2CCN(c3ncccn3)CC2)n1. The molecule has 0 saturated carbocycles. The maximum absolute atomic E-state index is 12.9. The number of hydrogen-bond acceptors (Lipinski definition) is 6. The van der Waals surface area contributed by atoms with Gasteiger partial charge in [-0.1, -0.05) is 19.9 Å². The van der Waals surface area contributed by atoms with Crippen molar-refractivity contribution < 1.29 is 9.59 Å². The van der Waals surface area contributed by atoms with Crippen molar-refractivity contribution in [3.8, 4) is 0 Å². The van der Waals surface area contributed by atoms with Gasteiger partial charge in [0.05, 0.1) is 0 Å². The number of anilines is 1. The lowest BCUT2D eigenvalue weighted by Gasteiger charge is -2.34. The van der Waals surface area contributed by atoms with Gasteiger partial charge in [-0.05, 0) is 31.0 Å². The number of aromatic nitrogens is 3. The largest absolute Gasteiger partial charge is 0.337 e. The Morgan fingerprint density at radius 2 is 1.55 bits per heavy atom. The molecular formula is C21H28N6O2. The summed E-state index contributed by atoms with van der Waals surface area (Å²) in [6.45, 7) is 7.92. The van der Waals surface area contributed by atoms with E-state index in [2.05, 4.69) is 19.9 Å². The van der Waals surface area contributed by atoms with Crippen LogP contribution in [0.5, 0.6) is 0 Å². The molecule has 29 heavy (non-hydrogen) atoms. The number of amides is 2. The first-order chi connectivity index (χ1) is 14.1. The van der Waals surface area contributed by atoms with E-state index < -0.39 is 0 Å². The molecule has 0 radical (unpaired) electrons. The van der Waals surface area contributed by atoms with Crippen LogP contribution in [0.1, 0.15) is 47.7 Å². The summed E-state index contributed by atoms with van der Waals surface area (Å²) in [5.74, 6) is 0.414. The Morgan fingerprint density at radius 1 is 0.931 bits per heavy atom. The summed E-state index contributed by atoms with van der Waals surface area (Å²) in [6.07, 6.45) is 5.21. The molecule has 154 valence electrons. The molecule has 1 fully saturated rings. The van der Waals surface area contributed by atoms with Crippen molar-refractivity contribution in [2.75, 3.05) is 44.2 Å². The Labute approximate surface area is 171 Å². The summed E-state index contributed by atoms with van der Waals surface area (Å²) in [6, 6.07) is 6.88. The Balaban J connectivity index is 1.66. The topological polar surface area (TPSA) is 82.5 Å². The average Bonchev–Trinajstić information content (AvgIpc) is 2.79. The minimum Gasteiger partial charge on any atom is -0.337 e. The molecule has 0 atom stereocenters. The van der Waals surface area contributed by atoms with Gasteiger partial charge in [0, 0.05) is 51.7 Å². The maximum atomic E-state index is 12.9. The van der Waals surface area contributed by atoms with Gasteiger partial charge >= 0.3 is 0 Å². The molecule has 1 aliphatic rings. The Hall–Kier alpha value is -3.03. The van der Waals surface area contributed by atoms with Crippen LogP contribution in [-0.2, 0) is 0 Å². The van der Waals surface area contributed by atoms with E-state index in [0.29, 0.717) is 56.6 Å². The number of piperazine rings is 1. The Morgan fingerprint density at radius 3 is 2.17 bits per heavy atom. The molecule has 2 amide bonds. The highest BCUT2D eigenvalue weighted by atomic mass is 16.2. The van der Waals surface area contributed by atoms with E-state index in [1.165, 1.54) is 0 Å². The van der Waals surface area contributed by atoms with Crippen molar-refractivity contribution in [2.24, 2.45) is 0 Å². The third kappa shape index (κ3) is 5.07. The molecule has 2 aromatic rings. The van der Waals surface area contributed by atoms with Crippen molar-refractivity contribution >= 4 is 17.8 Å². The molecule has 0 spiro atoms. The molecule has 8 heteroatoms. The van der Waals surface area contributed by atoms with Gasteiger partial charge in [-0.3, -0.25) is 9.59 Å². The lowest BCUT2D eigenvalue weighted by molar-refractivity contribution is 0.0736. The zero-order valence-corrected chi connectivity index (χ0v) is 17.1. The number of carbonyl (C=O) groups excluding carboxylic acids is 2. The average molecular weight is 396 g/mol. The summed E-state index contributed by atoms with van der Waals surface area (Å²) in [7, 11) is 0. The Bertz CT molecular complexity index is 815. The maximum Gasteiger partial charge on any atom is 0.272 e. The highest BCUT2D eigenvalue weighted by Gasteiger charge is 2.25. The summed E-state index contributed by atoms with van der Waals surface area (Å²) >= 11 is 0. The lowest BCUT2D eigenvalue weighted by Crippen LogP contribution is -2.49. The molecule has 8 nitrogen and oxygen atoms in total. The van der Waals surface area contributed by atoms with Crippen molar-refractivity contribution in [3.63, 3.8) is 0 Å². The van der Waals surface area contributed by atoms with Gasteiger partial charge in [-0.15, -0.1) is 0 Å². The number of pyridine rings is 1. The smallest absolute Gasteiger partial charge is 0.272 e. The van der Waals surface area contributed by atoms with E-state index in [0.717, 1.165) is 12.8 Å². The molecule has 1 saturated heterocycles. The van der Waals surface area contributed by atoms with Gasteiger partial charge in [0.15, 0.2) is 0 Å².